The summed E-state index contributed by atoms with van der Waals surface area (Å²) in [7, 11) is 0. The van der Waals surface area contributed by atoms with Crippen LogP contribution in [-0.4, -0.2) is 37.0 Å². The third kappa shape index (κ3) is 3.42. The number of hydrogen-bond acceptors (Lipinski definition) is 2. The number of fused-ring (bicyclic) bond motifs is 1. The SMILES string of the molecule is CC(C)C(C(=O)N1C[C@H]2CNC[C@H]2C1)c1cccc(Cl)c1.Cl. The van der Waals surface area contributed by atoms with Crippen LogP contribution in [-0.2, 0) is 4.79 Å². The average Bonchev–Trinajstić information content (AvgIpc) is 2.98. The molecule has 2 fully saturated rings. The first-order valence-corrected chi connectivity index (χ1v) is 8.19. The first-order chi connectivity index (χ1) is 10.1. The molecule has 0 aromatic heterocycles. The zero-order valence-corrected chi connectivity index (χ0v) is 14.7. The Morgan fingerprint density at radius 3 is 2.45 bits per heavy atom. The predicted molar refractivity (Wildman–Crippen MR) is 92.7 cm³/mol. The molecule has 122 valence electrons. The van der Waals surface area contributed by atoms with Gasteiger partial charge in [0.2, 0.25) is 5.91 Å². The highest BCUT2D eigenvalue weighted by molar-refractivity contribution is 6.30. The third-order valence-corrected chi connectivity index (χ3v) is 5.08. The van der Waals surface area contributed by atoms with Crippen LogP contribution in [0.5, 0.6) is 0 Å². The van der Waals surface area contributed by atoms with E-state index in [1.54, 1.807) is 0 Å². The fourth-order valence-corrected chi connectivity index (χ4v) is 3.94. The molecule has 2 aliphatic rings. The van der Waals surface area contributed by atoms with Gasteiger partial charge in [-0.1, -0.05) is 37.6 Å². The molecule has 0 saturated carbocycles. The van der Waals surface area contributed by atoms with Crippen LogP contribution in [0.3, 0.4) is 0 Å². The summed E-state index contributed by atoms with van der Waals surface area (Å²) >= 11 is 6.10. The Morgan fingerprint density at radius 2 is 1.91 bits per heavy atom. The van der Waals surface area contributed by atoms with Gasteiger partial charge in [0.1, 0.15) is 0 Å². The van der Waals surface area contributed by atoms with Crippen LogP contribution >= 0.6 is 24.0 Å². The lowest BCUT2D eigenvalue weighted by molar-refractivity contribution is -0.133. The lowest BCUT2D eigenvalue weighted by atomic mass is 9.87. The molecule has 1 aromatic rings. The van der Waals surface area contributed by atoms with E-state index >= 15 is 0 Å². The number of nitrogens with one attached hydrogen (secondary N) is 1. The summed E-state index contributed by atoms with van der Waals surface area (Å²) in [6.07, 6.45) is 0. The lowest BCUT2D eigenvalue weighted by Gasteiger charge is -2.27. The smallest absolute Gasteiger partial charge is 0.230 e. The molecule has 5 heteroatoms. The summed E-state index contributed by atoms with van der Waals surface area (Å²) in [6.45, 7) is 8.14. The zero-order valence-electron chi connectivity index (χ0n) is 13.1. The molecule has 3 atom stereocenters. The van der Waals surface area contributed by atoms with Crippen LogP contribution < -0.4 is 5.32 Å². The molecule has 1 unspecified atom stereocenters. The maximum atomic E-state index is 13.0. The van der Waals surface area contributed by atoms with Gasteiger partial charge in [-0.05, 0) is 35.4 Å². The second-order valence-electron chi connectivity index (χ2n) is 6.70. The number of halogens is 2. The normalized spacial score (nSPS) is 25.0. The summed E-state index contributed by atoms with van der Waals surface area (Å²) in [5, 5.41) is 4.12. The van der Waals surface area contributed by atoms with Crippen molar-refractivity contribution in [2.24, 2.45) is 17.8 Å². The summed E-state index contributed by atoms with van der Waals surface area (Å²) in [5.74, 6) is 1.73. The van der Waals surface area contributed by atoms with Gasteiger partial charge in [-0.25, -0.2) is 0 Å². The Balaban J connectivity index is 0.00000176. The fraction of sp³-hybridized carbons (Fsp3) is 0.588. The lowest BCUT2D eigenvalue weighted by Crippen LogP contribution is -2.37. The van der Waals surface area contributed by atoms with Gasteiger partial charge in [0.05, 0.1) is 5.92 Å². The summed E-state index contributed by atoms with van der Waals surface area (Å²) in [4.78, 5) is 15.1. The maximum absolute atomic E-state index is 13.0. The molecule has 2 heterocycles. The Hall–Kier alpha value is -0.770. The second kappa shape index (κ2) is 7.20. The Labute approximate surface area is 143 Å². The molecule has 0 bridgehead atoms. The van der Waals surface area contributed by atoms with Gasteiger partial charge in [-0.2, -0.15) is 0 Å². The summed E-state index contributed by atoms with van der Waals surface area (Å²) in [5.41, 5.74) is 1.04. The van der Waals surface area contributed by atoms with E-state index in [1.165, 1.54) is 0 Å². The van der Waals surface area contributed by atoms with Crippen LogP contribution in [0.25, 0.3) is 0 Å². The first kappa shape index (κ1) is 17.6. The molecule has 3 rings (SSSR count). The molecule has 0 aliphatic carbocycles. The van der Waals surface area contributed by atoms with Crippen molar-refractivity contribution in [2.75, 3.05) is 26.2 Å². The van der Waals surface area contributed by atoms with E-state index in [9.17, 15) is 4.79 Å². The van der Waals surface area contributed by atoms with E-state index in [0.717, 1.165) is 31.7 Å². The highest BCUT2D eigenvalue weighted by Gasteiger charge is 2.40. The molecule has 1 aromatic carbocycles. The fourth-order valence-electron chi connectivity index (χ4n) is 3.74. The number of rotatable bonds is 3. The van der Waals surface area contributed by atoms with Gasteiger partial charge >= 0.3 is 0 Å². The van der Waals surface area contributed by atoms with Crippen molar-refractivity contribution in [3.05, 3.63) is 34.9 Å². The van der Waals surface area contributed by atoms with Crippen molar-refractivity contribution in [1.29, 1.82) is 0 Å². The zero-order chi connectivity index (χ0) is 15.0. The molecular weight excluding hydrogens is 319 g/mol. The average molecular weight is 343 g/mol. The van der Waals surface area contributed by atoms with Crippen molar-refractivity contribution in [3.63, 3.8) is 0 Å². The van der Waals surface area contributed by atoms with Crippen molar-refractivity contribution < 1.29 is 4.79 Å². The molecular formula is C17H24Cl2N2O. The van der Waals surface area contributed by atoms with Crippen molar-refractivity contribution in [3.8, 4) is 0 Å². The Bertz CT molecular complexity index is 523. The van der Waals surface area contributed by atoms with E-state index in [1.807, 2.05) is 24.3 Å². The van der Waals surface area contributed by atoms with E-state index in [0.29, 0.717) is 16.9 Å². The maximum Gasteiger partial charge on any atom is 0.230 e. The number of hydrogen-bond donors (Lipinski definition) is 1. The third-order valence-electron chi connectivity index (χ3n) is 4.84. The first-order valence-electron chi connectivity index (χ1n) is 7.81. The minimum atomic E-state index is -0.0875. The van der Waals surface area contributed by atoms with Gasteiger partial charge < -0.3 is 10.2 Å². The van der Waals surface area contributed by atoms with Gasteiger partial charge in [-0.3, -0.25) is 4.79 Å². The van der Waals surface area contributed by atoms with Gasteiger partial charge in [0.15, 0.2) is 0 Å². The van der Waals surface area contributed by atoms with Gasteiger partial charge in [-0.15, -0.1) is 12.4 Å². The Morgan fingerprint density at radius 1 is 1.27 bits per heavy atom. The van der Waals surface area contributed by atoms with E-state index in [4.69, 9.17) is 11.6 Å². The molecule has 0 spiro atoms. The molecule has 2 saturated heterocycles. The molecule has 0 radical (unpaired) electrons. The molecule has 3 nitrogen and oxygen atoms in total. The molecule has 1 N–H and O–H groups in total. The van der Waals surface area contributed by atoms with Crippen molar-refractivity contribution >= 4 is 29.9 Å². The summed E-state index contributed by atoms with van der Waals surface area (Å²) in [6, 6.07) is 7.75. The van der Waals surface area contributed by atoms with E-state index < -0.39 is 0 Å². The van der Waals surface area contributed by atoms with Gasteiger partial charge in [0.25, 0.3) is 0 Å². The van der Waals surface area contributed by atoms with Crippen molar-refractivity contribution in [2.45, 2.75) is 19.8 Å². The monoisotopic (exact) mass is 342 g/mol. The Kier molecular flexibility index (Phi) is 5.76. The highest BCUT2D eigenvalue weighted by Crippen LogP contribution is 2.33. The van der Waals surface area contributed by atoms with Crippen LogP contribution in [0.2, 0.25) is 5.02 Å². The molecule has 22 heavy (non-hydrogen) atoms. The highest BCUT2D eigenvalue weighted by atomic mass is 35.5. The van der Waals surface area contributed by atoms with E-state index in [-0.39, 0.29) is 30.2 Å². The molecule has 1 amide bonds. The number of amides is 1. The second-order valence-corrected chi connectivity index (χ2v) is 7.13. The van der Waals surface area contributed by atoms with E-state index in [2.05, 4.69) is 24.1 Å². The predicted octanol–water partition coefficient (Wildman–Crippen LogP) is 3.18. The topological polar surface area (TPSA) is 32.3 Å². The molecule has 2 aliphatic heterocycles. The number of nitrogens with zero attached hydrogens (tertiary/aromatic N) is 1. The van der Waals surface area contributed by atoms with Crippen LogP contribution in [0.15, 0.2) is 24.3 Å². The standard InChI is InChI=1S/C17H23ClN2O.ClH/c1-11(2)16(12-4-3-5-15(18)6-12)17(21)20-9-13-7-19-8-14(13)10-20;/h3-6,11,13-14,16,19H,7-10H2,1-2H3;1H/t13-,14+,16?;. The summed E-state index contributed by atoms with van der Waals surface area (Å²) < 4.78 is 0. The minimum absolute atomic E-state index is 0. The minimum Gasteiger partial charge on any atom is -0.341 e. The van der Waals surface area contributed by atoms with Crippen LogP contribution in [0.1, 0.15) is 25.3 Å². The number of carbonyl (C=O) groups is 1. The van der Waals surface area contributed by atoms with Gasteiger partial charge in [0, 0.05) is 31.2 Å². The number of benzene rings is 1. The van der Waals surface area contributed by atoms with Crippen LogP contribution in [0, 0.1) is 17.8 Å². The number of carbonyl (C=O) groups excluding carboxylic acids is 1. The quantitative estimate of drug-likeness (QED) is 0.914. The number of likely N-dealkylation sites (tertiary alicyclic amines) is 1. The van der Waals surface area contributed by atoms with Crippen LogP contribution in [0.4, 0.5) is 0 Å². The largest absolute Gasteiger partial charge is 0.341 e. The van der Waals surface area contributed by atoms with Crippen molar-refractivity contribution in [1.82, 2.24) is 10.2 Å².